The molecule has 6 nitrogen and oxygen atoms in total. The number of aromatic nitrogens is 2. The highest BCUT2D eigenvalue weighted by Gasteiger charge is 2.29. The van der Waals surface area contributed by atoms with Gasteiger partial charge >= 0.3 is 0 Å². The first-order valence-electron chi connectivity index (χ1n) is 9.40. The highest BCUT2D eigenvalue weighted by Crippen LogP contribution is 2.40. The average molecular weight is 388 g/mol. The Kier molecular flexibility index (Phi) is 5.04. The molecule has 1 amide bonds. The van der Waals surface area contributed by atoms with Crippen LogP contribution in [0.1, 0.15) is 48.8 Å². The first kappa shape index (κ1) is 18.2. The monoisotopic (exact) mass is 387 g/mol. The number of fused-ring (bicyclic) bond motifs is 1. The number of nitrogens with one attached hydrogen (secondary N) is 1. The van der Waals surface area contributed by atoms with Crippen molar-refractivity contribution in [1.82, 2.24) is 14.9 Å². The van der Waals surface area contributed by atoms with Gasteiger partial charge < -0.3 is 19.4 Å². The molecule has 1 fully saturated rings. The van der Waals surface area contributed by atoms with Crippen molar-refractivity contribution in [2.45, 2.75) is 50.9 Å². The van der Waals surface area contributed by atoms with Gasteiger partial charge in [-0.05, 0) is 51.3 Å². The van der Waals surface area contributed by atoms with E-state index in [9.17, 15) is 4.79 Å². The fourth-order valence-electron chi connectivity index (χ4n) is 3.29. The third-order valence-electron chi connectivity index (χ3n) is 5.04. The third-order valence-corrected chi connectivity index (χ3v) is 6.00. The van der Waals surface area contributed by atoms with Crippen LogP contribution in [0.15, 0.2) is 23.4 Å². The minimum Gasteiger partial charge on any atom is -0.486 e. The summed E-state index contributed by atoms with van der Waals surface area (Å²) in [5.74, 6) is 1.86. The normalized spacial score (nSPS) is 16.9. The summed E-state index contributed by atoms with van der Waals surface area (Å²) in [4.78, 5) is 17.1. The summed E-state index contributed by atoms with van der Waals surface area (Å²) >= 11 is 1.51. The molecule has 144 valence electrons. The Morgan fingerprint density at radius 1 is 1.30 bits per heavy atom. The van der Waals surface area contributed by atoms with Crippen LogP contribution in [0.25, 0.3) is 0 Å². The van der Waals surface area contributed by atoms with Crippen LogP contribution in [0, 0.1) is 13.8 Å². The van der Waals surface area contributed by atoms with E-state index in [2.05, 4.69) is 21.8 Å². The maximum Gasteiger partial charge on any atom is 0.230 e. The summed E-state index contributed by atoms with van der Waals surface area (Å²) in [6, 6.07) is 6.28. The van der Waals surface area contributed by atoms with Crippen molar-refractivity contribution in [2.75, 3.05) is 19.0 Å². The summed E-state index contributed by atoms with van der Waals surface area (Å²) < 4.78 is 13.5. The van der Waals surface area contributed by atoms with E-state index in [4.69, 9.17) is 9.47 Å². The number of rotatable bonds is 6. The standard InChI is InChI=1S/C20H25N3O3S/c1-12-14(3)23(16-5-6-16)20(22-12)27-11-19(24)21-13(2)15-4-7-17-18(10-15)26-9-8-25-17/h4,7,10,13,16H,5-6,8-9,11H2,1-3H3,(H,21,24)/t13-/m1/s1. The molecular formula is C20H25N3O3S. The second-order valence-corrected chi connectivity index (χ2v) is 8.09. The fraction of sp³-hybridized carbons (Fsp3) is 0.500. The molecule has 2 aliphatic rings. The molecule has 1 saturated carbocycles. The molecule has 1 aliphatic heterocycles. The SMILES string of the molecule is Cc1nc(SCC(=O)N[C@H](C)c2ccc3c(c2)OCCO3)n(C2CC2)c1C. The van der Waals surface area contributed by atoms with E-state index in [0.29, 0.717) is 25.0 Å². The van der Waals surface area contributed by atoms with E-state index >= 15 is 0 Å². The molecule has 1 aromatic carbocycles. The summed E-state index contributed by atoms with van der Waals surface area (Å²) in [6.07, 6.45) is 2.41. The van der Waals surface area contributed by atoms with Crippen molar-refractivity contribution in [2.24, 2.45) is 0 Å². The van der Waals surface area contributed by atoms with Gasteiger partial charge in [0.05, 0.1) is 17.5 Å². The topological polar surface area (TPSA) is 65.4 Å². The summed E-state index contributed by atoms with van der Waals surface area (Å²) in [7, 11) is 0. The summed E-state index contributed by atoms with van der Waals surface area (Å²) in [5.41, 5.74) is 3.27. The Labute approximate surface area is 163 Å². The molecule has 4 rings (SSSR count). The van der Waals surface area contributed by atoms with E-state index in [-0.39, 0.29) is 11.9 Å². The van der Waals surface area contributed by atoms with Gasteiger partial charge in [0.15, 0.2) is 16.7 Å². The van der Waals surface area contributed by atoms with E-state index in [0.717, 1.165) is 27.9 Å². The minimum absolute atomic E-state index is 0.00282. The van der Waals surface area contributed by atoms with Gasteiger partial charge in [-0.25, -0.2) is 4.98 Å². The number of benzene rings is 1. The number of aryl methyl sites for hydroxylation is 1. The number of thioether (sulfide) groups is 1. The lowest BCUT2D eigenvalue weighted by Gasteiger charge is -2.21. The highest BCUT2D eigenvalue weighted by atomic mass is 32.2. The predicted octanol–water partition coefficient (Wildman–Crippen LogP) is 3.58. The second kappa shape index (κ2) is 7.46. The largest absolute Gasteiger partial charge is 0.486 e. The Morgan fingerprint density at radius 3 is 2.78 bits per heavy atom. The van der Waals surface area contributed by atoms with Crippen molar-refractivity contribution in [3.05, 3.63) is 35.2 Å². The minimum atomic E-state index is -0.0967. The number of carbonyl (C=O) groups is 1. The number of carbonyl (C=O) groups excluding carboxylic acids is 1. The van der Waals surface area contributed by atoms with Crippen molar-refractivity contribution >= 4 is 17.7 Å². The Bertz CT molecular complexity index is 860. The molecule has 0 radical (unpaired) electrons. The lowest BCUT2D eigenvalue weighted by atomic mass is 10.1. The second-order valence-electron chi connectivity index (χ2n) is 7.15. The van der Waals surface area contributed by atoms with Crippen LogP contribution >= 0.6 is 11.8 Å². The molecule has 2 aromatic rings. The van der Waals surface area contributed by atoms with Gasteiger partial charge in [0.2, 0.25) is 5.91 Å². The van der Waals surface area contributed by atoms with E-state index < -0.39 is 0 Å². The van der Waals surface area contributed by atoms with Crippen LogP contribution in [0.4, 0.5) is 0 Å². The van der Waals surface area contributed by atoms with Gasteiger partial charge in [0.1, 0.15) is 13.2 Å². The van der Waals surface area contributed by atoms with Crippen molar-refractivity contribution in [3.63, 3.8) is 0 Å². The molecule has 1 aliphatic carbocycles. The zero-order valence-electron chi connectivity index (χ0n) is 15.9. The van der Waals surface area contributed by atoms with Gasteiger partial charge in [-0.1, -0.05) is 17.8 Å². The molecule has 1 N–H and O–H groups in total. The smallest absolute Gasteiger partial charge is 0.230 e. The molecule has 7 heteroatoms. The van der Waals surface area contributed by atoms with Gasteiger partial charge in [0, 0.05) is 11.7 Å². The van der Waals surface area contributed by atoms with Crippen molar-refractivity contribution < 1.29 is 14.3 Å². The molecule has 0 spiro atoms. The molecular weight excluding hydrogens is 362 g/mol. The number of amides is 1. The molecule has 0 bridgehead atoms. The highest BCUT2D eigenvalue weighted by molar-refractivity contribution is 7.99. The van der Waals surface area contributed by atoms with E-state index in [1.807, 2.05) is 32.0 Å². The number of hydrogen-bond donors (Lipinski definition) is 1. The number of imidazole rings is 1. The summed E-state index contributed by atoms with van der Waals surface area (Å²) in [6.45, 7) is 7.25. The lowest BCUT2D eigenvalue weighted by molar-refractivity contribution is -0.119. The zero-order valence-corrected chi connectivity index (χ0v) is 16.8. The quantitative estimate of drug-likeness (QED) is 0.768. The van der Waals surface area contributed by atoms with E-state index in [1.54, 1.807) is 0 Å². The lowest BCUT2D eigenvalue weighted by Crippen LogP contribution is -2.28. The van der Waals surface area contributed by atoms with Gasteiger partial charge in [-0.2, -0.15) is 0 Å². The van der Waals surface area contributed by atoms with Crippen LogP contribution in [0.2, 0.25) is 0 Å². The number of hydrogen-bond acceptors (Lipinski definition) is 5. The van der Waals surface area contributed by atoms with Crippen LogP contribution in [-0.4, -0.2) is 34.4 Å². The molecule has 1 atom stereocenters. The molecule has 27 heavy (non-hydrogen) atoms. The number of ether oxygens (including phenoxy) is 2. The maximum absolute atomic E-state index is 12.5. The fourth-order valence-corrected chi connectivity index (χ4v) is 4.26. The van der Waals surface area contributed by atoms with Gasteiger partial charge in [-0.15, -0.1) is 0 Å². The van der Waals surface area contributed by atoms with Gasteiger partial charge in [0.25, 0.3) is 0 Å². The summed E-state index contributed by atoms with van der Waals surface area (Å²) in [5, 5.41) is 4.02. The predicted molar refractivity (Wildman–Crippen MR) is 105 cm³/mol. The van der Waals surface area contributed by atoms with Crippen molar-refractivity contribution in [1.29, 1.82) is 0 Å². The Balaban J connectivity index is 1.36. The van der Waals surface area contributed by atoms with Gasteiger partial charge in [-0.3, -0.25) is 4.79 Å². The van der Waals surface area contributed by atoms with Crippen LogP contribution in [-0.2, 0) is 4.79 Å². The average Bonchev–Trinajstić information content (AvgIpc) is 3.46. The first-order valence-corrected chi connectivity index (χ1v) is 10.4. The molecule has 1 aromatic heterocycles. The number of nitrogens with zero attached hydrogens (tertiary/aromatic N) is 2. The molecule has 2 heterocycles. The molecule has 0 saturated heterocycles. The van der Waals surface area contributed by atoms with Crippen molar-refractivity contribution in [3.8, 4) is 11.5 Å². The first-order chi connectivity index (χ1) is 13.0. The Morgan fingerprint density at radius 2 is 2.04 bits per heavy atom. The van der Waals surface area contributed by atoms with Crippen LogP contribution in [0.5, 0.6) is 11.5 Å². The zero-order chi connectivity index (χ0) is 19.0. The van der Waals surface area contributed by atoms with Crippen LogP contribution < -0.4 is 14.8 Å². The maximum atomic E-state index is 12.5. The molecule has 0 unspecified atom stereocenters. The Hall–Kier alpha value is -2.15. The van der Waals surface area contributed by atoms with E-state index in [1.165, 1.54) is 30.3 Å². The third kappa shape index (κ3) is 3.93. The van der Waals surface area contributed by atoms with Crippen LogP contribution in [0.3, 0.4) is 0 Å².